The van der Waals surface area contributed by atoms with E-state index in [2.05, 4.69) is 28.3 Å². The van der Waals surface area contributed by atoms with Gasteiger partial charge in [0.25, 0.3) is 0 Å². The molecule has 9 nitrogen and oxygen atoms in total. The van der Waals surface area contributed by atoms with Gasteiger partial charge in [0.1, 0.15) is 18.5 Å². The van der Waals surface area contributed by atoms with Crippen LogP contribution in [0.1, 0.15) is 36.1 Å². The fourth-order valence-electron chi connectivity index (χ4n) is 6.19. The van der Waals surface area contributed by atoms with E-state index in [4.69, 9.17) is 21.3 Å². The van der Waals surface area contributed by atoms with Crippen LogP contribution in [0.4, 0.5) is 24.7 Å². The second kappa shape index (κ2) is 12.6. The maximum atomic E-state index is 13.9. The monoisotopic (exact) mass is 583 g/mol. The van der Waals surface area contributed by atoms with Crippen molar-refractivity contribution in [2.75, 3.05) is 62.7 Å². The molecule has 42 heavy (non-hydrogen) atoms. The Hall–Kier alpha value is -3.85. The van der Waals surface area contributed by atoms with Gasteiger partial charge in [-0.15, -0.1) is 0 Å². The summed E-state index contributed by atoms with van der Waals surface area (Å²) in [6.45, 7) is 14.5. The minimum Gasteiger partial charge on any atom is -0.462 e. The molecule has 224 valence electrons. The van der Waals surface area contributed by atoms with E-state index in [0.717, 1.165) is 31.0 Å². The molecule has 0 bridgehead atoms. The van der Waals surface area contributed by atoms with Crippen LogP contribution in [0.25, 0.3) is 4.85 Å². The fraction of sp³-hybridized carbons (Fsp3) is 0.533. The molecule has 12 heteroatoms. The predicted molar refractivity (Wildman–Crippen MR) is 153 cm³/mol. The van der Waals surface area contributed by atoms with Crippen molar-refractivity contribution in [1.29, 1.82) is 0 Å². The number of carbonyl (C=O) groups is 1. The molecule has 0 saturated carbocycles. The number of amides is 1. The number of ether oxygens (including phenoxy) is 1. The smallest absolute Gasteiger partial charge is 0.418 e. The summed E-state index contributed by atoms with van der Waals surface area (Å²) in [7, 11) is 2.06. The lowest BCUT2D eigenvalue weighted by molar-refractivity contribution is -0.137. The molecule has 2 atom stereocenters. The topological polar surface area (TPSA) is 69.4 Å². The zero-order valence-corrected chi connectivity index (χ0v) is 23.8. The molecule has 0 unspecified atom stereocenters. The summed E-state index contributed by atoms with van der Waals surface area (Å²) in [5, 5.41) is 0. The van der Waals surface area contributed by atoms with E-state index in [-0.39, 0.29) is 42.8 Å². The highest BCUT2D eigenvalue weighted by atomic mass is 19.4. The molecule has 2 fully saturated rings. The number of para-hydroxylation sites is 1. The molecule has 5 rings (SSSR count). The summed E-state index contributed by atoms with van der Waals surface area (Å²) in [4.78, 5) is 33.4. The van der Waals surface area contributed by atoms with Crippen molar-refractivity contribution in [1.82, 2.24) is 19.8 Å². The van der Waals surface area contributed by atoms with E-state index in [1.54, 1.807) is 15.9 Å². The lowest BCUT2D eigenvalue weighted by atomic mass is 10.1. The first kappa shape index (κ1) is 29.6. The molecule has 0 N–H and O–H groups in total. The Labute approximate surface area is 244 Å². The Morgan fingerprint density at radius 1 is 1.14 bits per heavy atom. The second-order valence-electron chi connectivity index (χ2n) is 11.1. The number of benzene rings is 1. The lowest BCUT2D eigenvalue weighted by Gasteiger charge is -2.40. The SMILES string of the molecule is [C-]#[N+]C[C@H]1CN(c2nc(OC[C@@H]3CCCN3C)nc3c2CCCN(c2ccccc2C(F)(F)F)C3)CCN1C(=O)C=C. The summed E-state index contributed by atoms with van der Waals surface area (Å²) >= 11 is 0. The molecule has 0 radical (unpaired) electrons. The van der Waals surface area contributed by atoms with Crippen molar-refractivity contribution >= 4 is 17.4 Å². The molecule has 3 aliphatic rings. The van der Waals surface area contributed by atoms with Crippen LogP contribution in [0.5, 0.6) is 6.01 Å². The number of halogens is 3. The third-order valence-corrected chi connectivity index (χ3v) is 8.41. The summed E-state index contributed by atoms with van der Waals surface area (Å²) in [6.07, 6.45) is 0.0784. The minimum absolute atomic E-state index is 0.127. The molecule has 2 saturated heterocycles. The van der Waals surface area contributed by atoms with Crippen LogP contribution in [0, 0.1) is 6.57 Å². The van der Waals surface area contributed by atoms with E-state index in [9.17, 15) is 18.0 Å². The highest BCUT2D eigenvalue weighted by molar-refractivity contribution is 5.87. The largest absolute Gasteiger partial charge is 0.462 e. The molecule has 0 aliphatic carbocycles. The van der Waals surface area contributed by atoms with Crippen LogP contribution >= 0.6 is 0 Å². The summed E-state index contributed by atoms with van der Waals surface area (Å²) in [5.74, 6) is 0.454. The van der Waals surface area contributed by atoms with Gasteiger partial charge in [-0.3, -0.25) is 4.79 Å². The number of piperazine rings is 1. The van der Waals surface area contributed by atoms with Gasteiger partial charge in [-0.25, -0.2) is 6.57 Å². The van der Waals surface area contributed by atoms with Crippen molar-refractivity contribution in [3.63, 3.8) is 0 Å². The Kier molecular flexibility index (Phi) is 8.87. The molecule has 3 aliphatic heterocycles. The zero-order chi connectivity index (χ0) is 29.9. The first-order valence-electron chi connectivity index (χ1n) is 14.3. The Balaban J connectivity index is 1.50. The fourth-order valence-corrected chi connectivity index (χ4v) is 6.19. The maximum Gasteiger partial charge on any atom is 0.418 e. The van der Waals surface area contributed by atoms with Gasteiger partial charge in [0, 0.05) is 43.5 Å². The van der Waals surface area contributed by atoms with Crippen LogP contribution < -0.4 is 14.5 Å². The third kappa shape index (κ3) is 6.31. The molecule has 0 spiro atoms. The average Bonchev–Trinajstić information content (AvgIpc) is 3.26. The third-order valence-electron chi connectivity index (χ3n) is 8.41. The summed E-state index contributed by atoms with van der Waals surface area (Å²) in [6, 6.07) is 5.74. The number of likely N-dealkylation sites (N-methyl/N-ethyl adjacent to an activating group) is 1. The molecular weight excluding hydrogens is 547 g/mol. The molecular formula is C30H36F3N7O2. The van der Waals surface area contributed by atoms with Gasteiger partial charge in [0.05, 0.1) is 17.8 Å². The maximum absolute atomic E-state index is 13.9. The van der Waals surface area contributed by atoms with E-state index in [1.807, 2.05) is 0 Å². The van der Waals surface area contributed by atoms with Gasteiger partial charge in [-0.1, -0.05) is 18.7 Å². The molecule has 2 aromatic rings. The van der Waals surface area contributed by atoms with E-state index in [1.165, 1.54) is 18.2 Å². The van der Waals surface area contributed by atoms with Gasteiger partial charge in [-0.2, -0.15) is 23.1 Å². The van der Waals surface area contributed by atoms with Gasteiger partial charge in [0.15, 0.2) is 0 Å². The number of fused-ring (bicyclic) bond motifs is 1. The standard InChI is InChI=1S/C30H36F3N7O2/c1-4-27(41)40-16-15-39(18-22(40)17-34-2)28-23-10-8-14-38(26-12-6-5-11-24(26)30(31,32)33)19-25(23)35-29(36-28)42-20-21-9-7-13-37(21)3/h4-6,11-12,21-22H,1,7-10,13-20H2,3H3/t21-,22-/m0/s1. The highest BCUT2D eigenvalue weighted by Gasteiger charge is 2.37. The van der Waals surface area contributed by atoms with E-state index >= 15 is 0 Å². The van der Waals surface area contributed by atoms with Crippen LogP contribution in [0.2, 0.25) is 0 Å². The molecule has 1 aromatic carbocycles. The molecule has 1 aromatic heterocycles. The summed E-state index contributed by atoms with van der Waals surface area (Å²) < 4.78 is 47.9. The number of hydrogen-bond acceptors (Lipinski definition) is 7. The van der Waals surface area contributed by atoms with Crippen molar-refractivity contribution in [2.24, 2.45) is 0 Å². The van der Waals surface area contributed by atoms with Gasteiger partial charge >= 0.3 is 12.2 Å². The number of likely N-dealkylation sites (tertiary alicyclic amines) is 1. The normalized spacial score (nSPS) is 21.5. The Bertz CT molecular complexity index is 1350. The zero-order valence-electron chi connectivity index (χ0n) is 23.8. The number of hydrogen-bond donors (Lipinski definition) is 0. The van der Waals surface area contributed by atoms with E-state index < -0.39 is 11.7 Å². The van der Waals surface area contributed by atoms with Gasteiger partial charge < -0.3 is 29.2 Å². The number of nitrogens with zero attached hydrogens (tertiary/aromatic N) is 7. The number of alkyl halides is 3. The number of aromatic nitrogens is 2. The van der Waals surface area contributed by atoms with Crippen LogP contribution in [-0.2, 0) is 23.9 Å². The van der Waals surface area contributed by atoms with Crippen molar-refractivity contribution in [3.05, 3.63) is 65.2 Å². The van der Waals surface area contributed by atoms with Crippen LogP contribution in [0.3, 0.4) is 0 Å². The quantitative estimate of drug-likeness (QED) is 0.360. The van der Waals surface area contributed by atoms with Crippen molar-refractivity contribution in [2.45, 2.75) is 50.5 Å². The predicted octanol–water partition coefficient (Wildman–Crippen LogP) is 4.04. The molecule has 1 amide bonds. The van der Waals surface area contributed by atoms with Crippen molar-refractivity contribution < 1.29 is 22.7 Å². The number of carbonyl (C=O) groups excluding carboxylic acids is 1. The van der Waals surface area contributed by atoms with Crippen molar-refractivity contribution in [3.8, 4) is 6.01 Å². The second-order valence-corrected chi connectivity index (χ2v) is 11.1. The van der Waals surface area contributed by atoms with E-state index in [0.29, 0.717) is 57.1 Å². The molecule has 4 heterocycles. The Morgan fingerprint density at radius 2 is 1.95 bits per heavy atom. The highest BCUT2D eigenvalue weighted by Crippen LogP contribution is 2.39. The number of anilines is 2. The van der Waals surface area contributed by atoms with Crippen LogP contribution in [0.15, 0.2) is 36.9 Å². The Morgan fingerprint density at radius 3 is 2.67 bits per heavy atom. The minimum atomic E-state index is -4.48. The lowest BCUT2D eigenvalue weighted by Crippen LogP contribution is -2.56. The first-order chi connectivity index (χ1) is 20.2. The van der Waals surface area contributed by atoms with Crippen LogP contribution in [-0.4, -0.2) is 90.7 Å². The number of rotatable bonds is 7. The van der Waals surface area contributed by atoms with Gasteiger partial charge in [-0.05, 0) is 57.5 Å². The first-order valence-corrected chi connectivity index (χ1v) is 14.3. The average molecular weight is 584 g/mol. The summed E-state index contributed by atoms with van der Waals surface area (Å²) in [5.41, 5.74) is 0.961. The van der Waals surface area contributed by atoms with Gasteiger partial charge in [0.2, 0.25) is 12.5 Å².